The summed E-state index contributed by atoms with van der Waals surface area (Å²) in [6.07, 6.45) is 4.75. The average molecular weight is 538 g/mol. The number of aromatic nitrogens is 3. The molecule has 1 saturated heterocycles. The Balaban J connectivity index is 1.42. The van der Waals surface area contributed by atoms with Gasteiger partial charge in [-0.1, -0.05) is 38.1 Å². The van der Waals surface area contributed by atoms with Gasteiger partial charge in [-0.3, -0.25) is 9.59 Å². The lowest BCUT2D eigenvalue weighted by molar-refractivity contribution is -0.136. The molecule has 9 nitrogen and oxygen atoms in total. The molecule has 0 bridgehead atoms. The summed E-state index contributed by atoms with van der Waals surface area (Å²) in [5, 5.41) is 2.79. The van der Waals surface area contributed by atoms with E-state index in [0.717, 1.165) is 24.0 Å². The average Bonchev–Trinajstić information content (AvgIpc) is 3.72. The number of anilines is 2. The zero-order valence-corrected chi connectivity index (χ0v) is 21.9. The molecule has 1 aliphatic carbocycles. The van der Waals surface area contributed by atoms with Crippen LogP contribution in [0.25, 0.3) is 0 Å². The number of ether oxygens (including phenoxy) is 2. The van der Waals surface area contributed by atoms with Crippen molar-refractivity contribution in [2.75, 3.05) is 23.3 Å². The normalized spacial score (nSPS) is 16.1. The van der Waals surface area contributed by atoms with E-state index in [4.69, 9.17) is 4.74 Å². The van der Waals surface area contributed by atoms with Crippen LogP contribution in [0.1, 0.15) is 49.4 Å². The molecule has 0 radical (unpaired) electrons. The first kappa shape index (κ1) is 26.5. The van der Waals surface area contributed by atoms with E-state index in [-0.39, 0.29) is 54.4 Å². The van der Waals surface area contributed by atoms with Gasteiger partial charge in [0.1, 0.15) is 11.1 Å². The van der Waals surface area contributed by atoms with E-state index in [1.54, 1.807) is 25.4 Å². The number of aryl methyl sites for hydroxylation is 1. The first-order valence-corrected chi connectivity index (χ1v) is 12.8. The number of esters is 1. The fourth-order valence-electron chi connectivity index (χ4n) is 4.72. The Bertz CT molecular complexity index is 1370. The zero-order chi connectivity index (χ0) is 27.7. The molecule has 5 rings (SSSR count). The van der Waals surface area contributed by atoms with Crippen LogP contribution in [0, 0.1) is 12.8 Å². The predicted molar refractivity (Wildman–Crippen MR) is 139 cm³/mol. The molecule has 1 aliphatic heterocycles. The molecule has 0 unspecified atom stereocenters. The molecule has 1 saturated carbocycles. The lowest BCUT2D eigenvalue weighted by Gasteiger charge is -2.51. The molecule has 204 valence electrons. The Labute approximate surface area is 224 Å². The molecule has 3 heterocycles. The number of hydrogen-bond donors (Lipinski definition) is 1. The maximum absolute atomic E-state index is 13.9. The monoisotopic (exact) mass is 537 g/mol. The second kappa shape index (κ2) is 10.5. The number of pyridine rings is 1. The van der Waals surface area contributed by atoms with Crippen LogP contribution in [0.4, 0.5) is 20.2 Å². The Hall–Kier alpha value is -4.15. The highest BCUT2D eigenvalue weighted by molar-refractivity contribution is 6.02. The highest BCUT2D eigenvalue weighted by Gasteiger charge is 2.52. The molecule has 1 amide bonds. The van der Waals surface area contributed by atoms with E-state index in [1.807, 2.05) is 29.2 Å². The third kappa shape index (κ3) is 5.52. The van der Waals surface area contributed by atoms with Gasteiger partial charge in [-0.15, -0.1) is 0 Å². The van der Waals surface area contributed by atoms with Gasteiger partial charge in [0.2, 0.25) is 11.8 Å². The zero-order valence-electron chi connectivity index (χ0n) is 21.9. The number of nitrogens with one attached hydrogen (secondary N) is 1. The third-order valence-corrected chi connectivity index (χ3v) is 6.99. The number of carbonyl (C=O) groups excluding carboxylic acids is 2. The molecule has 1 aromatic carbocycles. The Kier molecular flexibility index (Phi) is 7.16. The topological polar surface area (TPSA) is 107 Å². The van der Waals surface area contributed by atoms with Crippen molar-refractivity contribution < 1.29 is 27.8 Å². The summed E-state index contributed by atoms with van der Waals surface area (Å²) < 4.78 is 35.9. The van der Waals surface area contributed by atoms with E-state index in [1.165, 1.54) is 6.07 Å². The Morgan fingerprint density at radius 2 is 1.77 bits per heavy atom. The SMILES string of the molecule is Cc1ccc(NC(=O)C2(c3ccccc3C(C)C)CN(c3cnc(OC(=O)C4CC4)nc3)C2)c(OC(F)F)n1. The van der Waals surface area contributed by atoms with E-state index in [2.05, 4.69) is 38.9 Å². The van der Waals surface area contributed by atoms with Gasteiger partial charge in [-0.05, 0) is 48.9 Å². The number of carbonyl (C=O) groups is 2. The molecule has 39 heavy (non-hydrogen) atoms. The molecule has 0 atom stereocenters. The minimum absolute atomic E-state index is 0.0104. The lowest BCUT2D eigenvalue weighted by atomic mass is 9.69. The highest BCUT2D eigenvalue weighted by atomic mass is 19.3. The van der Waals surface area contributed by atoms with Crippen LogP contribution in [0.15, 0.2) is 48.8 Å². The summed E-state index contributed by atoms with van der Waals surface area (Å²) in [4.78, 5) is 40.2. The molecule has 0 spiro atoms. The van der Waals surface area contributed by atoms with Gasteiger partial charge in [0.15, 0.2) is 0 Å². The number of halogens is 2. The molecule has 2 fully saturated rings. The van der Waals surface area contributed by atoms with Crippen LogP contribution < -0.4 is 19.7 Å². The fraction of sp³-hybridized carbons (Fsp3) is 0.393. The fourth-order valence-corrected chi connectivity index (χ4v) is 4.72. The molecule has 1 N–H and O–H groups in total. The number of nitrogens with zero attached hydrogens (tertiary/aromatic N) is 4. The van der Waals surface area contributed by atoms with Gasteiger partial charge in [0, 0.05) is 18.8 Å². The summed E-state index contributed by atoms with van der Waals surface area (Å²) in [5.41, 5.74) is 2.06. The van der Waals surface area contributed by atoms with Crippen LogP contribution in [0.2, 0.25) is 0 Å². The van der Waals surface area contributed by atoms with Gasteiger partial charge in [0.05, 0.1) is 24.0 Å². The summed E-state index contributed by atoms with van der Waals surface area (Å²) >= 11 is 0. The summed E-state index contributed by atoms with van der Waals surface area (Å²) in [6, 6.07) is 10.8. The molecule has 3 aromatic rings. The van der Waals surface area contributed by atoms with Crippen molar-refractivity contribution in [2.24, 2.45) is 5.92 Å². The largest absolute Gasteiger partial charge is 0.415 e. The van der Waals surface area contributed by atoms with Crippen molar-refractivity contribution in [3.05, 3.63) is 65.6 Å². The van der Waals surface area contributed by atoms with Crippen LogP contribution in [0.3, 0.4) is 0 Å². The smallest absolute Gasteiger partial charge is 0.388 e. The van der Waals surface area contributed by atoms with Crippen LogP contribution in [0.5, 0.6) is 11.9 Å². The van der Waals surface area contributed by atoms with E-state index < -0.39 is 12.0 Å². The van der Waals surface area contributed by atoms with Crippen molar-refractivity contribution in [3.8, 4) is 11.9 Å². The summed E-state index contributed by atoms with van der Waals surface area (Å²) in [5.74, 6) is -0.964. The number of rotatable bonds is 9. The molecule has 2 aliphatic rings. The quantitative estimate of drug-likeness (QED) is 0.394. The van der Waals surface area contributed by atoms with Crippen LogP contribution in [-0.4, -0.2) is 46.5 Å². The number of amides is 1. The van der Waals surface area contributed by atoms with E-state index in [9.17, 15) is 18.4 Å². The van der Waals surface area contributed by atoms with Crippen molar-refractivity contribution >= 4 is 23.3 Å². The van der Waals surface area contributed by atoms with Gasteiger partial charge in [-0.25, -0.2) is 15.0 Å². The van der Waals surface area contributed by atoms with Crippen molar-refractivity contribution in [2.45, 2.75) is 51.6 Å². The van der Waals surface area contributed by atoms with Gasteiger partial charge in [-0.2, -0.15) is 8.78 Å². The highest BCUT2D eigenvalue weighted by Crippen LogP contribution is 2.42. The van der Waals surface area contributed by atoms with Crippen molar-refractivity contribution in [1.29, 1.82) is 0 Å². The predicted octanol–water partition coefficient (Wildman–Crippen LogP) is 4.62. The summed E-state index contributed by atoms with van der Waals surface area (Å²) in [6.45, 7) is 3.24. The van der Waals surface area contributed by atoms with Gasteiger partial charge in [0.25, 0.3) is 0 Å². The summed E-state index contributed by atoms with van der Waals surface area (Å²) in [7, 11) is 0. The standard InChI is InChI=1S/C28H29F2N5O4/c1-16(2)20-6-4-5-7-21(20)28(25(37)34-22-11-8-17(3)33-23(22)38-26(29)30)14-35(15-28)19-12-31-27(32-13-19)39-24(36)18-9-10-18/h4-8,11-13,16,18,26H,9-10,14-15H2,1-3H3,(H,34,37). The molecular weight excluding hydrogens is 508 g/mol. The molecule has 11 heteroatoms. The van der Waals surface area contributed by atoms with Gasteiger partial charge >= 0.3 is 18.6 Å². The van der Waals surface area contributed by atoms with Crippen LogP contribution >= 0.6 is 0 Å². The van der Waals surface area contributed by atoms with Crippen molar-refractivity contribution in [1.82, 2.24) is 15.0 Å². The Morgan fingerprint density at radius 3 is 2.41 bits per heavy atom. The number of hydrogen-bond acceptors (Lipinski definition) is 8. The lowest BCUT2D eigenvalue weighted by Crippen LogP contribution is -2.65. The second-order valence-electron chi connectivity index (χ2n) is 10.2. The molecular formula is C28H29F2N5O4. The maximum Gasteiger partial charge on any atom is 0.388 e. The van der Waals surface area contributed by atoms with Crippen LogP contribution in [-0.2, 0) is 15.0 Å². The van der Waals surface area contributed by atoms with E-state index in [0.29, 0.717) is 11.4 Å². The maximum atomic E-state index is 13.9. The third-order valence-electron chi connectivity index (χ3n) is 6.99. The second-order valence-corrected chi connectivity index (χ2v) is 10.2. The van der Waals surface area contributed by atoms with Gasteiger partial charge < -0.3 is 19.7 Å². The minimum atomic E-state index is -3.09. The number of benzene rings is 1. The van der Waals surface area contributed by atoms with Crippen molar-refractivity contribution in [3.63, 3.8) is 0 Å². The molecule has 2 aromatic heterocycles. The van der Waals surface area contributed by atoms with E-state index >= 15 is 0 Å². The first-order chi connectivity index (χ1) is 18.7. The Morgan fingerprint density at radius 1 is 1.08 bits per heavy atom. The minimum Gasteiger partial charge on any atom is -0.415 e. The number of alkyl halides is 2. The first-order valence-electron chi connectivity index (χ1n) is 12.8.